The first-order valence-electron chi connectivity index (χ1n) is 7.43. The van der Waals surface area contributed by atoms with E-state index in [0.29, 0.717) is 12.8 Å². The van der Waals surface area contributed by atoms with E-state index in [1.807, 2.05) is 0 Å². The minimum atomic E-state index is -3.77. The fraction of sp³-hybridized carbons (Fsp3) is 0.667. The first-order chi connectivity index (χ1) is 10.5. The molecule has 0 saturated carbocycles. The molecule has 0 spiro atoms. The Labute approximate surface area is 141 Å². The van der Waals surface area contributed by atoms with Gasteiger partial charge in [-0.05, 0) is 52.0 Å². The van der Waals surface area contributed by atoms with E-state index in [1.54, 1.807) is 5.38 Å². The molecule has 8 heteroatoms. The molecule has 1 aromatic heterocycles. The monoisotopic (exact) mass is 360 g/mol. The van der Waals surface area contributed by atoms with Crippen LogP contribution in [-0.4, -0.2) is 38.6 Å². The van der Waals surface area contributed by atoms with Gasteiger partial charge in [0.2, 0.25) is 10.0 Å². The van der Waals surface area contributed by atoms with Crippen molar-refractivity contribution in [3.63, 3.8) is 0 Å². The van der Waals surface area contributed by atoms with Gasteiger partial charge in [-0.15, -0.1) is 11.3 Å². The number of ether oxygens (including phenoxy) is 1. The third kappa shape index (κ3) is 4.32. The van der Waals surface area contributed by atoms with Gasteiger partial charge in [0.05, 0.1) is 7.11 Å². The lowest BCUT2D eigenvalue weighted by atomic mass is 9.80. The van der Waals surface area contributed by atoms with E-state index in [4.69, 9.17) is 0 Å². The van der Waals surface area contributed by atoms with Crippen LogP contribution in [0, 0.1) is 0 Å². The topological polar surface area (TPSA) is 84.5 Å². The summed E-state index contributed by atoms with van der Waals surface area (Å²) in [6.45, 7) is 8.22. The molecule has 0 aliphatic carbocycles. The Morgan fingerprint density at radius 1 is 1.30 bits per heavy atom. The first-order valence-corrected chi connectivity index (χ1v) is 9.80. The number of rotatable bonds is 4. The molecule has 0 bridgehead atoms. The van der Waals surface area contributed by atoms with Crippen molar-refractivity contribution in [2.75, 3.05) is 7.11 Å². The van der Waals surface area contributed by atoms with Gasteiger partial charge in [0.1, 0.15) is 9.77 Å². The molecule has 1 aliphatic heterocycles. The molecule has 2 N–H and O–H groups in total. The first kappa shape index (κ1) is 18.4. The van der Waals surface area contributed by atoms with Crippen LogP contribution in [0.2, 0.25) is 0 Å². The zero-order valence-corrected chi connectivity index (χ0v) is 15.7. The third-order valence-electron chi connectivity index (χ3n) is 3.80. The lowest BCUT2D eigenvalue weighted by molar-refractivity contribution is 0.0602. The number of nitrogens with one attached hydrogen (secondary N) is 2. The molecule has 1 fully saturated rings. The van der Waals surface area contributed by atoms with Gasteiger partial charge >= 0.3 is 5.97 Å². The van der Waals surface area contributed by atoms with Gasteiger partial charge < -0.3 is 10.1 Å². The summed E-state index contributed by atoms with van der Waals surface area (Å²) in [5.74, 6) is -0.633. The highest BCUT2D eigenvalue weighted by Crippen LogP contribution is 2.30. The summed E-state index contributed by atoms with van der Waals surface area (Å²) >= 11 is 1.06. The quantitative estimate of drug-likeness (QED) is 0.804. The molecule has 1 saturated heterocycles. The molecule has 2 heterocycles. The van der Waals surface area contributed by atoms with E-state index in [1.165, 1.54) is 13.2 Å². The SMILES string of the molecule is COC(=O)c1sccc1S(=O)(=O)NC1CC(C)(C)NC(C)(C)C1. The highest BCUT2D eigenvalue weighted by Gasteiger charge is 2.39. The zero-order valence-electron chi connectivity index (χ0n) is 14.1. The van der Waals surface area contributed by atoms with E-state index < -0.39 is 16.0 Å². The van der Waals surface area contributed by atoms with Gasteiger partial charge in [-0.3, -0.25) is 0 Å². The second-order valence-electron chi connectivity index (χ2n) is 7.22. The fourth-order valence-corrected chi connectivity index (χ4v) is 6.01. The molecule has 0 amide bonds. The lowest BCUT2D eigenvalue weighted by Gasteiger charge is -2.46. The Morgan fingerprint density at radius 2 is 1.87 bits per heavy atom. The van der Waals surface area contributed by atoms with Gasteiger partial charge in [0.15, 0.2) is 0 Å². The van der Waals surface area contributed by atoms with Crippen LogP contribution < -0.4 is 10.0 Å². The van der Waals surface area contributed by atoms with Crippen LogP contribution in [0.3, 0.4) is 0 Å². The molecule has 0 unspecified atom stereocenters. The summed E-state index contributed by atoms with van der Waals surface area (Å²) in [6, 6.07) is 1.24. The second kappa shape index (κ2) is 6.16. The molecule has 1 aliphatic rings. The van der Waals surface area contributed by atoms with Crippen LogP contribution >= 0.6 is 11.3 Å². The molecule has 6 nitrogen and oxygen atoms in total. The molecule has 0 atom stereocenters. The molecule has 0 radical (unpaired) electrons. The Kier molecular flexibility index (Phi) is 4.92. The number of methoxy groups -OCH3 is 1. The Morgan fingerprint density at radius 3 is 2.39 bits per heavy atom. The van der Waals surface area contributed by atoms with Gasteiger partial charge in [-0.25, -0.2) is 17.9 Å². The van der Waals surface area contributed by atoms with E-state index >= 15 is 0 Å². The number of carbonyl (C=O) groups excluding carboxylic acids is 1. The number of hydrogen-bond donors (Lipinski definition) is 2. The van der Waals surface area contributed by atoms with E-state index in [2.05, 4.69) is 42.5 Å². The minimum Gasteiger partial charge on any atom is -0.465 e. The fourth-order valence-electron chi connectivity index (χ4n) is 3.44. The maximum atomic E-state index is 12.7. The summed E-state index contributed by atoms with van der Waals surface area (Å²) in [5, 5.41) is 5.09. The predicted octanol–water partition coefficient (Wildman–Crippen LogP) is 2.12. The van der Waals surface area contributed by atoms with Crippen molar-refractivity contribution in [1.29, 1.82) is 0 Å². The van der Waals surface area contributed by atoms with Crippen LogP contribution in [0.5, 0.6) is 0 Å². The zero-order chi connectivity index (χ0) is 17.5. The average Bonchev–Trinajstić information content (AvgIpc) is 2.82. The maximum Gasteiger partial charge on any atom is 0.349 e. The van der Waals surface area contributed by atoms with Crippen LogP contribution in [0.1, 0.15) is 50.2 Å². The molecule has 2 rings (SSSR count). The highest BCUT2D eigenvalue weighted by atomic mass is 32.2. The van der Waals surface area contributed by atoms with Crippen molar-refractivity contribution in [3.05, 3.63) is 16.3 Å². The third-order valence-corrected chi connectivity index (χ3v) is 6.39. The van der Waals surface area contributed by atoms with Crippen LogP contribution in [0.25, 0.3) is 0 Å². The summed E-state index contributed by atoms with van der Waals surface area (Å²) < 4.78 is 32.8. The number of esters is 1. The number of carbonyl (C=O) groups is 1. The number of thiophene rings is 1. The summed E-state index contributed by atoms with van der Waals surface area (Å²) in [4.78, 5) is 11.8. The average molecular weight is 361 g/mol. The largest absolute Gasteiger partial charge is 0.465 e. The van der Waals surface area contributed by atoms with Gasteiger partial charge in [0.25, 0.3) is 0 Å². The van der Waals surface area contributed by atoms with Gasteiger partial charge in [-0.1, -0.05) is 0 Å². The number of hydrogen-bond acceptors (Lipinski definition) is 6. The van der Waals surface area contributed by atoms with Crippen molar-refractivity contribution < 1.29 is 17.9 Å². The van der Waals surface area contributed by atoms with Gasteiger partial charge in [-0.2, -0.15) is 0 Å². The number of piperidine rings is 1. The smallest absolute Gasteiger partial charge is 0.349 e. The molecule has 23 heavy (non-hydrogen) atoms. The molecular weight excluding hydrogens is 336 g/mol. The predicted molar refractivity (Wildman–Crippen MR) is 90.3 cm³/mol. The van der Waals surface area contributed by atoms with Crippen molar-refractivity contribution in [2.45, 2.75) is 62.6 Å². The van der Waals surface area contributed by atoms with Crippen LogP contribution in [0.15, 0.2) is 16.3 Å². The highest BCUT2D eigenvalue weighted by molar-refractivity contribution is 7.89. The van der Waals surface area contributed by atoms with Crippen molar-refractivity contribution in [3.8, 4) is 0 Å². The molecular formula is C15H24N2O4S2. The van der Waals surface area contributed by atoms with Crippen molar-refractivity contribution in [1.82, 2.24) is 10.0 Å². The number of sulfonamides is 1. The lowest BCUT2D eigenvalue weighted by Crippen LogP contribution is -2.62. The molecule has 130 valence electrons. The normalized spacial score (nSPS) is 21.1. The summed E-state index contributed by atoms with van der Waals surface area (Å²) in [7, 11) is -2.53. The Bertz CT molecular complexity index is 676. The van der Waals surface area contributed by atoms with E-state index in [-0.39, 0.29) is 26.9 Å². The van der Waals surface area contributed by atoms with Crippen molar-refractivity contribution in [2.24, 2.45) is 0 Å². The van der Waals surface area contributed by atoms with Gasteiger partial charge in [0, 0.05) is 17.1 Å². The van der Waals surface area contributed by atoms with Crippen molar-refractivity contribution >= 4 is 27.3 Å². The Balaban J connectivity index is 2.25. The van der Waals surface area contributed by atoms with Crippen LogP contribution in [-0.2, 0) is 14.8 Å². The summed E-state index contributed by atoms with van der Waals surface area (Å²) in [6.07, 6.45) is 1.35. The van der Waals surface area contributed by atoms with Crippen LogP contribution in [0.4, 0.5) is 0 Å². The molecule has 1 aromatic rings. The standard InChI is InChI=1S/C15H24N2O4S2/c1-14(2)8-10(9-15(3,4)17-14)16-23(19,20)11-6-7-22-12(11)13(18)21-5/h6-7,10,16-17H,8-9H2,1-5H3. The minimum absolute atomic E-state index is 0.0107. The maximum absolute atomic E-state index is 12.7. The van der Waals surface area contributed by atoms with E-state index in [9.17, 15) is 13.2 Å². The summed E-state index contributed by atoms with van der Waals surface area (Å²) in [5.41, 5.74) is -0.344. The van der Waals surface area contributed by atoms with E-state index in [0.717, 1.165) is 11.3 Å². The molecule has 0 aromatic carbocycles. The second-order valence-corrected chi connectivity index (χ2v) is 9.82. The Hall–Kier alpha value is -0.960.